The van der Waals surface area contributed by atoms with Gasteiger partial charge in [-0.1, -0.05) is 39.5 Å². The molecule has 0 amide bonds. The molecule has 1 aliphatic rings. The van der Waals surface area contributed by atoms with E-state index in [1.165, 1.54) is 25.7 Å². The molecule has 1 heterocycles. The van der Waals surface area contributed by atoms with Crippen molar-refractivity contribution < 1.29 is 19.7 Å². The molecule has 1 N–H and O–H groups in total. The summed E-state index contributed by atoms with van der Waals surface area (Å²) in [5.41, 5.74) is 0. The average molecular weight is 234 g/mol. The summed E-state index contributed by atoms with van der Waals surface area (Å²) in [7, 11) is 0. The molecular formula is C12H26O4. The molecule has 16 heavy (non-hydrogen) atoms. The van der Waals surface area contributed by atoms with E-state index in [1.807, 2.05) is 0 Å². The standard InChI is InChI=1S/C6H14.C4H8O2.C2H4O2/c1-3-5-6-4-2;1-2-4-6-5-3-1;1-2(3)4/h3-6H2,1-2H3;1-4H2;1H3,(H,3,4). The largest absolute Gasteiger partial charge is 0.481 e. The zero-order valence-corrected chi connectivity index (χ0v) is 10.8. The second-order valence-corrected chi connectivity index (χ2v) is 3.58. The fourth-order valence-corrected chi connectivity index (χ4v) is 0.940. The quantitative estimate of drug-likeness (QED) is 0.600. The number of rotatable bonds is 3. The van der Waals surface area contributed by atoms with Crippen LogP contribution < -0.4 is 0 Å². The molecule has 0 aromatic heterocycles. The molecule has 0 atom stereocenters. The number of hydrogen-bond donors (Lipinski definition) is 1. The molecule has 1 saturated heterocycles. The lowest BCUT2D eigenvalue weighted by atomic mass is 10.2. The molecule has 4 nitrogen and oxygen atoms in total. The molecule has 98 valence electrons. The second-order valence-electron chi connectivity index (χ2n) is 3.58. The van der Waals surface area contributed by atoms with Gasteiger partial charge in [-0.2, -0.15) is 0 Å². The first-order chi connectivity index (χ1) is 7.65. The summed E-state index contributed by atoms with van der Waals surface area (Å²) in [6, 6.07) is 0. The molecule has 0 aliphatic carbocycles. The third-order valence-electron chi connectivity index (χ3n) is 1.75. The van der Waals surface area contributed by atoms with E-state index in [0.717, 1.165) is 33.0 Å². The van der Waals surface area contributed by atoms with Crippen LogP contribution >= 0.6 is 0 Å². The number of aliphatic carboxylic acids is 1. The third-order valence-corrected chi connectivity index (χ3v) is 1.75. The summed E-state index contributed by atoms with van der Waals surface area (Å²) in [5.74, 6) is -0.833. The number of carboxylic acids is 1. The van der Waals surface area contributed by atoms with Crippen LogP contribution in [-0.4, -0.2) is 24.3 Å². The number of carbonyl (C=O) groups is 1. The molecule has 1 rings (SSSR count). The monoisotopic (exact) mass is 234 g/mol. The molecule has 0 aromatic rings. The highest BCUT2D eigenvalue weighted by Crippen LogP contribution is 1.97. The summed E-state index contributed by atoms with van der Waals surface area (Å²) in [4.78, 5) is 18.1. The Morgan fingerprint density at radius 1 is 1.06 bits per heavy atom. The lowest BCUT2D eigenvalue weighted by molar-refractivity contribution is -0.312. The topological polar surface area (TPSA) is 55.8 Å². The Morgan fingerprint density at radius 2 is 1.38 bits per heavy atom. The molecule has 1 fully saturated rings. The van der Waals surface area contributed by atoms with E-state index >= 15 is 0 Å². The van der Waals surface area contributed by atoms with E-state index in [9.17, 15) is 0 Å². The van der Waals surface area contributed by atoms with Crippen molar-refractivity contribution in [3.63, 3.8) is 0 Å². The van der Waals surface area contributed by atoms with Crippen LogP contribution in [0.5, 0.6) is 0 Å². The third kappa shape index (κ3) is 29.2. The van der Waals surface area contributed by atoms with E-state index in [0.29, 0.717) is 0 Å². The molecule has 1 aliphatic heterocycles. The van der Waals surface area contributed by atoms with Crippen molar-refractivity contribution in [1.29, 1.82) is 0 Å². The van der Waals surface area contributed by atoms with Crippen LogP contribution in [-0.2, 0) is 14.6 Å². The van der Waals surface area contributed by atoms with Gasteiger partial charge in [0.1, 0.15) is 0 Å². The molecule has 0 spiro atoms. The predicted molar refractivity (Wildman–Crippen MR) is 64.3 cm³/mol. The van der Waals surface area contributed by atoms with Crippen LogP contribution in [0, 0.1) is 0 Å². The van der Waals surface area contributed by atoms with Crippen LogP contribution in [0.3, 0.4) is 0 Å². The van der Waals surface area contributed by atoms with Gasteiger partial charge in [0.2, 0.25) is 0 Å². The first kappa shape index (κ1) is 17.8. The maximum absolute atomic E-state index is 9.00. The summed E-state index contributed by atoms with van der Waals surface area (Å²) < 4.78 is 0. The van der Waals surface area contributed by atoms with E-state index in [-0.39, 0.29) is 0 Å². The lowest BCUT2D eigenvalue weighted by Gasteiger charge is -2.07. The minimum atomic E-state index is -0.833. The fourth-order valence-electron chi connectivity index (χ4n) is 0.940. The van der Waals surface area contributed by atoms with Crippen molar-refractivity contribution >= 4 is 5.97 Å². The minimum absolute atomic E-state index is 0.778. The summed E-state index contributed by atoms with van der Waals surface area (Å²) >= 11 is 0. The Hall–Kier alpha value is -0.610. The van der Waals surface area contributed by atoms with Gasteiger partial charge in [0.05, 0.1) is 13.2 Å². The van der Waals surface area contributed by atoms with Gasteiger partial charge in [-0.05, 0) is 12.8 Å². The predicted octanol–water partition coefficient (Wildman–Crippen LogP) is 3.41. The molecule has 0 aromatic carbocycles. The van der Waals surface area contributed by atoms with E-state index in [4.69, 9.17) is 9.90 Å². The van der Waals surface area contributed by atoms with Crippen LogP contribution in [0.1, 0.15) is 59.3 Å². The first-order valence-corrected chi connectivity index (χ1v) is 6.09. The summed E-state index contributed by atoms with van der Waals surface area (Å²) in [6.45, 7) is 7.10. The van der Waals surface area contributed by atoms with Gasteiger partial charge in [0.25, 0.3) is 5.97 Å². The van der Waals surface area contributed by atoms with Crippen molar-refractivity contribution in [2.24, 2.45) is 0 Å². The summed E-state index contributed by atoms with van der Waals surface area (Å²) in [5, 5.41) is 7.42. The van der Waals surface area contributed by atoms with Crippen molar-refractivity contribution in [3.05, 3.63) is 0 Å². The van der Waals surface area contributed by atoms with Gasteiger partial charge in [0.15, 0.2) is 0 Å². The smallest absolute Gasteiger partial charge is 0.300 e. The highest BCUT2D eigenvalue weighted by Gasteiger charge is 1.95. The molecule has 4 heteroatoms. The van der Waals surface area contributed by atoms with Gasteiger partial charge < -0.3 is 5.11 Å². The Morgan fingerprint density at radius 3 is 1.50 bits per heavy atom. The van der Waals surface area contributed by atoms with Crippen molar-refractivity contribution in [2.45, 2.75) is 59.3 Å². The fraction of sp³-hybridized carbons (Fsp3) is 0.917. The Labute approximate surface area is 98.9 Å². The van der Waals surface area contributed by atoms with Crippen molar-refractivity contribution in [3.8, 4) is 0 Å². The van der Waals surface area contributed by atoms with Crippen LogP contribution in [0.2, 0.25) is 0 Å². The van der Waals surface area contributed by atoms with Crippen LogP contribution in [0.4, 0.5) is 0 Å². The number of hydrogen-bond acceptors (Lipinski definition) is 3. The molecule has 0 bridgehead atoms. The summed E-state index contributed by atoms with van der Waals surface area (Å²) in [6.07, 6.45) is 7.84. The van der Waals surface area contributed by atoms with E-state index < -0.39 is 5.97 Å². The van der Waals surface area contributed by atoms with E-state index in [2.05, 4.69) is 23.6 Å². The zero-order valence-electron chi connectivity index (χ0n) is 10.8. The van der Waals surface area contributed by atoms with Gasteiger partial charge in [-0.3, -0.25) is 4.79 Å². The van der Waals surface area contributed by atoms with Crippen molar-refractivity contribution in [1.82, 2.24) is 0 Å². The van der Waals surface area contributed by atoms with Gasteiger partial charge in [-0.15, -0.1) is 0 Å². The van der Waals surface area contributed by atoms with Crippen LogP contribution in [0.25, 0.3) is 0 Å². The maximum atomic E-state index is 9.00. The van der Waals surface area contributed by atoms with E-state index in [1.54, 1.807) is 0 Å². The number of unbranched alkanes of at least 4 members (excludes halogenated alkanes) is 3. The SMILES string of the molecule is C1CCOOC1.CC(=O)O.CCCCCC. The highest BCUT2D eigenvalue weighted by molar-refractivity contribution is 5.62. The van der Waals surface area contributed by atoms with Crippen molar-refractivity contribution in [2.75, 3.05) is 13.2 Å². The molecule has 0 radical (unpaired) electrons. The Bertz CT molecular complexity index is 113. The van der Waals surface area contributed by atoms with Gasteiger partial charge in [-0.25, -0.2) is 9.78 Å². The Kier molecular flexibility index (Phi) is 18.7. The van der Waals surface area contributed by atoms with Gasteiger partial charge in [0, 0.05) is 6.92 Å². The normalized spacial score (nSPS) is 13.9. The number of carboxylic acid groups (broad SMARTS) is 1. The molecule has 0 saturated carbocycles. The minimum Gasteiger partial charge on any atom is -0.481 e. The molecule has 0 unspecified atom stereocenters. The highest BCUT2D eigenvalue weighted by atomic mass is 17.2. The maximum Gasteiger partial charge on any atom is 0.300 e. The molecular weight excluding hydrogens is 208 g/mol. The van der Waals surface area contributed by atoms with Crippen LogP contribution in [0.15, 0.2) is 0 Å². The van der Waals surface area contributed by atoms with Gasteiger partial charge >= 0.3 is 0 Å². The Balaban J connectivity index is 0. The first-order valence-electron chi connectivity index (χ1n) is 6.09. The lowest BCUT2D eigenvalue weighted by Crippen LogP contribution is -2.05. The second kappa shape index (κ2) is 16.8. The average Bonchev–Trinajstić information content (AvgIpc) is 2.29. The zero-order chi connectivity index (χ0) is 12.6.